The van der Waals surface area contributed by atoms with Crippen molar-refractivity contribution in [2.24, 2.45) is 10.8 Å². The highest BCUT2D eigenvalue weighted by Gasteiger charge is 2.32. The maximum absolute atomic E-state index is 3.33. The maximum atomic E-state index is 3.33. The highest BCUT2D eigenvalue weighted by atomic mass is 15.0. The summed E-state index contributed by atoms with van der Waals surface area (Å²) in [5, 5.41) is 0. The molecule has 2 nitrogen and oxygen atoms in total. The monoisotopic (exact) mass is 259 g/mol. The molecule has 0 saturated carbocycles. The van der Waals surface area contributed by atoms with Crippen molar-refractivity contribution in [2.75, 3.05) is 0 Å². The smallest absolute Gasteiger partial charge is 0.242 e. The lowest BCUT2D eigenvalue weighted by Crippen LogP contribution is -2.34. The fourth-order valence-electron chi connectivity index (χ4n) is 2.31. The SMILES string of the molecule is CC(C)(C)C(C)(C)CCC[n+]1c[nH]c2ccccc21. The van der Waals surface area contributed by atoms with Gasteiger partial charge in [-0.3, -0.25) is 0 Å². The standard InChI is InChI=1S/C17H26N2/c1-16(2,3)17(4,5)11-8-12-19-13-18-14-9-6-7-10-15(14)19/h6-7,9-10,13H,8,11-12H2,1-5H3/p+1. The molecule has 0 fully saturated rings. The van der Waals surface area contributed by atoms with Crippen LogP contribution in [0.3, 0.4) is 0 Å². The Morgan fingerprint density at radius 3 is 2.42 bits per heavy atom. The number of nitrogens with one attached hydrogen (secondary N) is 1. The molecule has 2 rings (SSSR count). The molecule has 19 heavy (non-hydrogen) atoms. The Labute approximate surface area is 116 Å². The van der Waals surface area contributed by atoms with Crippen LogP contribution in [0, 0.1) is 10.8 Å². The number of nitrogens with zero attached hydrogens (tertiary/aromatic N) is 1. The molecule has 1 heterocycles. The molecule has 2 heteroatoms. The largest absolute Gasteiger partial charge is 0.243 e. The van der Waals surface area contributed by atoms with E-state index in [0.717, 1.165) is 6.54 Å². The van der Waals surface area contributed by atoms with Gasteiger partial charge in [0.15, 0.2) is 11.0 Å². The first-order valence-corrected chi connectivity index (χ1v) is 7.27. The number of para-hydroxylation sites is 2. The summed E-state index contributed by atoms with van der Waals surface area (Å²) in [5.41, 5.74) is 3.26. The van der Waals surface area contributed by atoms with Crippen LogP contribution in [-0.4, -0.2) is 4.98 Å². The van der Waals surface area contributed by atoms with Crippen molar-refractivity contribution in [3.8, 4) is 0 Å². The topological polar surface area (TPSA) is 19.7 Å². The van der Waals surface area contributed by atoms with E-state index in [1.54, 1.807) is 0 Å². The zero-order chi connectivity index (χ0) is 14.1. The molecule has 104 valence electrons. The Bertz CT molecular complexity index is 544. The van der Waals surface area contributed by atoms with Crippen molar-refractivity contribution >= 4 is 11.0 Å². The van der Waals surface area contributed by atoms with E-state index in [1.807, 2.05) is 0 Å². The Morgan fingerprint density at radius 2 is 1.74 bits per heavy atom. The lowest BCUT2D eigenvalue weighted by Gasteiger charge is -2.39. The minimum absolute atomic E-state index is 0.359. The molecular formula is C17H27N2+. The molecule has 1 N–H and O–H groups in total. The second kappa shape index (κ2) is 4.99. The second-order valence-electron chi connectivity index (χ2n) is 7.22. The van der Waals surface area contributed by atoms with Gasteiger partial charge in [0.25, 0.3) is 0 Å². The molecule has 0 saturated heterocycles. The number of rotatable bonds is 4. The number of imidazole rings is 1. The first-order chi connectivity index (χ1) is 8.81. The van der Waals surface area contributed by atoms with Gasteiger partial charge in [-0.25, -0.2) is 9.55 Å². The van der Waals surface area contributed by atoms with E-state index in [4.69, 9.17) is 0 Å². The van der Waals surface area contributed by atoms with Gasteiger partial charge in [0, 0.05) is 0 Å². The quantitative estimate of drug-likeness (QED) is 0.790. The molecule has 0 bridgehead atoms. The fraction of sp³-hybridized carbons (Fsp3) is 0.588. The lowest BCUT2D eigenvalue weighted by atomic mass is 9.67. The van der Waals surface area contributed by atoms with E-state index in [-0.39, 0.29) is 0 Å². The molecule has 1 aromatic carbocycles. The molecule has 0 atom stereocenters. The van der Waals surface area contributed by atoms with Crippen LogP contribution in [-0.2, 0) is 6.54 Å². The first-order valence-electron chi connectivity index (χ1n) is 7.27. The van der Waals surface area contributed by atoms with E-state index in [0.29, 0.717) is 10.8 Å². The summed E-state index contributed by atoms with van der Waals surface area (Å²) in [6.45, 7) is 12.9. The Kier molecular flexibility index (Phi) is 3.71. The number of benzene rings is 1. The Balaban J connectivity index is 2.00. The number of hydrogen-bond donors (Lipinski definition) is 1. The highest BCUT2D eigenvalue weighted by molar-refractivity contribution is 5.70. The second-order valence-corrected chi connectivity index (χ2v) is 7.22. The number of aryl methyl sites for hydroxylation is 1. The molecule has 0 spiro atoms. The zero-order valence-electron chi connectivity index (χ0n) is 13.0. The minimum Gasteiger partial charge on any atom is -0.243 e. The van der Waals surface area contributed by atoms with Crippen LogP contribution >= 0.6 is 0 Å². The van der Waals surface area contributed by atoms with Crippen LogP contribution in [0.4, 0.5) is 0 Å². The molecule has 0 amide bonds. The lowest BCUT2D eigenvalue weighted by molar-refractivity contribution is -0.671. The van der Waals surface area contributed by atoms with E-state index in [1.165, 1.54) is 23.9 Å². The summed E-state index contributed by atoms with van der Waals surface area (Å²) in [4.78, 5) is 3.33. The average molecular weight is 259 g/mol. The van der Waals surface area contributed by atoms with E-state index >= 15 is 0 Å². The fourth-order valence-corrected chi connectivity index (χ4v) is 2.31. The summed E-state index contributed by atoms with van der Waals surface area (Å²) in [7, 11) is 0. The minimum atomic E-state index is 0.359. The summed E-state index contributed by atoms with van der Waals surface area (Å²) in [6.07, 6.45) is 4.56. The third kappa shape index (κ3) is 2.99. The number of aromatic amines is 1. The van der Waals surface area contributed by atoms with Gasteiger partial charge in [-0.15, -0.1) is 0 Å². The Hall–Kier alpha value is -1.31. The van der Waals surface area contributed by atoms with Gasteiger partial charge < -0.3 is 0 Å². The summed E-state index contributed by atoms with van der Waals surface area (Å²) < 4.78 is 2.33. The van der Waals surface area contributed by atoms with Gasteiger partial charge in [-0.05, 0) is 35.8 Å². The maximum Gasteiger partial charge on any atom is 0.242 e. The average Bonchev–Trinajstić information content (AvgIpc) is 2.71. The first kappa shape index (κ1) is 14.1. The highest BCUT2D eigenvalue weighted by Crippen LogP contribution is 2.41. The van der Waals surface area contributed by atoms with E-state index in [9.17, 15) is 0 Å². The third-order valence-electron chi connectivity index (χ3n) is 4.82. The molecular weight excluding hydrogens is 232 g/mol. The predicted octanol–water partition coefficient (Wildman–Crippen LogP) is 4.31. The third-order valence-corrected chi connectivity index (χ3v) is 4.82. The van der Waals surface area contributed by atoms with Crippen LogP contribution in [0.1, 0.15) is 47.5 Å². The summed E-state index contributed by atoms with van der Waals surface area (Å²) in [5.74, 6) is 0. The van der Waals surface area contributed by atoms with Crippen molar-refractivity contribution in [3.63, 3.8) is 0 Å². The summed E-state index contributed by atoms with van der Waals surface area (Å²) >= 11 is 0. The molecule has 0 aliphatic rings. The van der Waals surface area contributed by atoms with E-state index < -0.39 is 0 Å². The van der Waals surface area contributed by atoms with Gasteiger partial charge >= 0.3 is 0 Å². The van der Waals surface area contributed by atoms with Gasteiger partial charge in [0.1, 0.15) is 0 Å². The van der Waals surface area contributed by atoms with Crippen molar-refractivity contribution < 1.29 is 4.57 Å². The molecule has 1 aromatic heterocycles. The number of fused-ring (bicyclic) bond motifs is 1. The van der Waals surface area contributed by atoms with Crippen molar-refractivity contribution in [2.45, 2.75) is 54.0 Å². The summed E-state index contributed by atoms with van der Waals surface area (Å²) in [6, 6.07) is 8.49. The van der Waals surface area contributed by atoms with Gasteiger partial charge in [0.05, 0.1) is 6.54 Å². The van der Waals surface area contributed by atoms with Crippen LogP contribution in [0.15, 0.2) is 30.6 Å². The van der Waals surface area contributed by atoms with Crippen molar-refractivity contribution in [1.82, 2.24) is 4.98 Å². The van der Waals surface area contributed by atoms with E-state index in [2.05, 4.69) is 74.8 Å². The van der Waals surface area contributed by atoms with Gasteiger partial charge in [-0.2, -0.15) is 0 Å². The van der Waals surface area contributed by atoms with Crippen LogP contribution in [0.25, 0.3) is 11.0 Å². The molecule has 0 radical (unpaired) electrons. The normalized spacial score (nSPS) is 13.1. The molecule has 0 aliphatic carbocycles. The molecule has 2 aromatic rings. The van der Waals surface area contributed by atoms with Gasteiger partial charge in [-0.1, -0.05) is 46.8 Å². The Morgan fingerprint density at radius 1 is 1.05 bits per heavy atom. The number of hydrogen-bond acceptors (Lipinski definition) is 0. The van der Waals surface area contributed by atoms with Crippen LogP contribution < -0.4 is 4.57 Å². The van der Waals surface area contributed by atoms with Crippen LogP contribution in [0.5, 0.6) is 0 Å². The zero-order valence-corrected chi connectivity index (χ0v) is 13.0. The number of aromatic nitrogens is 2. The predicted molar refractivity (Wildman–Crippen MR) is 81.0 cm³/mol. The van der Waals surface area contributed by atoms with Gasteiger partial charge in [0.2, 0.25) is 6.33 Å². The van der Waals surface area contributed by atoms with Crippen molar-refractivity contribution in [1.29, 1.82) is 0 Å². The van der Waals surface area contributed by atoms with Crippen molar-refractivity contribution in [3.05, 3.63) is 30.6 Å². The molecule has 0 aliphatic heterocycles. The molecule has 0 unspecified atom stereocenters. The number of H-pyrrole nitrogens is 1. The van der Waals surface area contributed by atoms with Crippen LogP contribution in [0.2, 0.25) is 0 Å².